The van der Waals surface area contributed by atoms with Crippen molar-refractivity contribution >= 4 is 17.5 Å². The second-order valence-corrected chi connectivity index (χ2v) is 4.57. The lowest BCUT2D eigenvalue weighted by atomic mass is 10.1. The molecule has 0 aliphatic rings. The van der Waals surface area contributed by atoms with E-state index in [1.165, 1.54) is 0 Å². The fraction of sp³-hybridized carbons (Fsp3) is 0.583. The van der Waals surface area contributed by atoms with E-state index in [1.807, 2.05) is 4.98 Å². The summed E-state index contributed by atoms with van der Waals surface area (Å²) in [6.45, 7) is 2.12. The first-order chi connectivity index (χ1) is 8.56. The second kappa shape index (κ2) is 7.16. The monoisotopic (exact) mass is 272 g/mol. The molecule has 0 aliphatic carbocycles. The number of nitrogens with zero attached hydrogens (tertiary/aromatic N) is 1. The van der Waals surface area contributed by atoms with Gasteiger partial charge in [-0.3, -0.25) is 14.6 Å². The quantitative estimate of drug-likeness (QED) is 0.807. The van der Waals surface area contributed by atoms with Crippen molar-refractivity contribution in [2.24, 2.45) is 0 Å². The number of hydrogen-bond donors (Lipinski definition) is 1. The van der Waals surface area contributed by atoms with Gasteiger partial charge in [-0.05, 0) is 6.42 Å². The van der Waals surface area contributed by atoms with Crippen LogP contribution in [-0.2, 0) is 0 Å². The Kier molecular flexibility index (Phi) is 5.85. The van der Waals surface area contributed by atoms with Gasteiger partial charge in [-0.15, -0.1) is 0 Å². The summed E-state index contributed by atoms with van der Waals surface area (Å²) in [6.07, 6.45) is 6.45. The van der Waals surface area contributed by atoms with Gasteiger partial charge in [0.1, 0.15) is 5.02 Å². The van der Waals surface area contributed by atoms with Crippen molar-refractivity contribution in [2.45, 2.75) is 45.4 Å². The van der Waals surface area contributed by atoms with Crippen LogP contribution in [0.2, 0.25) is 5.02 Å². The molecule has 1 aromatic rings. The summed E-state index contributed by atoms with van der Waals surface area (Å²) < 4.78 is 0.865. The zero-order valence-electron chi connectivity index (χ0n) is 10.4. The van der Waals surface area contributed by atoms with E-state index in [4.69, 9.17) is 11.6 Å². The number of nitrogens with one attached hydrogen (secondary N) is 1. The Morgan fingerprint density at radius 3 is 2.61 bits per heavy atom. The topological polar surface area (TPSA) is 71.9 Å². The molecule has 0 atom stereocenters. The van der Waals surface area contributed by atoms with Crippen LogP contribution in [0.15, 0.2) is 15.8 Å². The van der Waals surface area contributed by atoms with Gasteiger partial charge in [0, 0.05) is 12.6 Å². The second-order valence-electron chi connectivity index (χ2n) is 4.16. The normalized spacial score (nSPS) is 10.6. The minimum atomic E-state index is -0.733. The Balaban J connectivity index is 2.60. The lowest BCUT2D eigenvalue weighted by Crippen LogP contribution is -2.33. The van der Waals surface area contributed by atoms with Gasteiger partial charge in [-0.25, -0.2) is 9.36 Å². The summed E-state index contributed by atoms with van der Waals surface area (Å²) in [4.78, 5) is 36.2. The molecule has 6 heteroatoms. The van der Waals surface area contributed by atoms with Crippen LogP contribution in [0.4, 0.5) is 0 Å². The van der Waals surface area contributed by atoms with E-state index in [9.17, 15) is 14.4 Å². The van der Waals surface area contributed by atoms with Gasteiger partial charge >= 0.3 is 5.69 Å². The van der Waals surface area contributed by atoms with E-state index in [0.717, 1.165) is 42.9 Å². The molecule has 1 heterocycles. The highest BCUT2D eigenvalue weighted by Gasteiger charge is 2.09. The number of aromatic nitrogens is 2. The summed E-state index contributed by atoms with van der Waals surface area (Å²) in [5.74, 6) is -0.338. The molecule has 0 bridgehead atoms. The fourth-order valence-electron chi connectivity index (χ4n) is 1.63. The summed E-state index contributed by atoms with van der Waals surface area (Å²) in [7, 11) is 0. The highest BCUT2D eigenvalue weighted by Crippen LogP contribution is 2.06. The van der Waals surface area contributed by atoms with Gasteiger partial charge in [0.05, 0.1) is 0 Å². The molecule has 1 aromatic heterocycles. The molecule has 0 amide bonds. The molecule has 0 spiro atoms. The molecule has 0 saturated heterocycles. The number of aromatic amines is 1. The minimum Gasteiger partial charge on any atom is -0.274 e. The third kappa shape index (κ3) is 4.14. The van der Waals surface area contributed by atoms with Crippen LogP contribution in [0.5, 0.6) is 0 Å². The van der Waals surface area contributed by atoms with Crippen molar-refractivity contribution in [3.8, 4) is 0 Å². The van der Waals surface area contributed by atoms with Crippen LogP contribution in [0.1, 0.15) is 50.2 Å². The number of hydrogen-bond acceptors (Lipinski definition) is 3. The fourth-order valence-corrected chi connectivity index (χ4v) is 1.78. The summed E-state index contributed by atoms with van der Waals surface area (Å²) in [6, 6.07) is 0. The van der Waals surface area contributed by atoms with Crippen molar-refractivity contribution < 1.29 is 4.79 Å². The van der Waals surface area contributed by atoms with E-state index in [0.29, 0.717) is 0 Å². The predicted molar refractivity (Wildman–Crippen MR) is 70.3 cm³/mol. The van der Waals surface area contributed by atoms with Gasteiger partial charge in [-0.2, -0.15) is 0 Å². The van der Waals surface area contributed by atoms with Gasteiger partial charge in [0.2, 0.25) is 5.91 Å². The van der Waals surface area contributed by atoms with Crippen molar-refractivity contribution in [3.05, 3.63) is 32.1 Å². The van der Waals surface area contributed by atoms with Crippen LogP contribution in [0.3, 0.4) is 0 Å². The van der Waals surface area contributed by atoms with Crippen molar-refractivity contribution in [2.75, 3.05) is 0 Å². The zero-order chi connectivity index (χ0) is 13.5. The average Bonchev–Trinajstić information content (AvgIpc) is 2.33. The molecule has 1 N–H and O–H groups in total. The first-order valence-corrected chi connectivity index (χ1v) is 6.48. The Morgan fingerprint density at radius 1 is 1.28 bits per heavy atom. The molecule has 0 unspecified atom stereocenters. The maximum Gasteiger partial charge on any atom is 0.335 e. The van der Waals surface area contributed by atoms with Gasteiger partial charge in [0.15, 0.2) is 0 Å². The van der Waals surface area contributed by atoms with E-state index >= 15 is 0 Å². The van der Waals surface area contributed by atoms with E-state index in [1.54, 1.807) is 0 Å². The summed E-state index contributed by atoms with van der Waals surface area (Å²) >= 11 is 5.58. The molecule has 0 aromatic carbocycles. The Hall–Kier alpha value is -1.36. The molecule has 5 nitrogen and oxygen atoms in total. The van der Waals surface area contributed by atoms with Gasteiger partial charge in [-0.1, -0.05) is 44.2 Å². The molecular formula is C12H17ClN2O3. The maximum absolute atomic E-state index is 11.7. The maximum atomic E-state index is 11.7. The third-order valence-corrected chi connectivity index (χ3v) is 2.93. The highest BCUT2D eigenvalue weighted by molar-refractivity contribution is 6.30. The smallest absolute Gasteiger partial charge is 0.274 e. The van der Waals surface area contributed by atoms with Crippen LogP contribution in [0, 0.1) is 0 Å². The Bertz CT molecular complexity index is 519. The van der Waals surface area contributed by atoms with E-state index in [2.05, 4.69) is 6.92 Å². The van der Waals surface area contributed by atoms with Gasteiger partial charge in [0.25, 0.3) is 5.56 Å². The molecule has 100 valence electrons. The van der Waals surface area contributed by atoms with E-state index in [-0.39, 0.29) is 17.4 Å². The molecule has 18 heavy (non-hydrogen) atoms. The summed E-state index contributed by atoms with van der Waals surface area (Å²) in [5, 5.41) is -0.158. The number of rotatable bonds is 6. The average molecular weight is 273 g/mol. The largest absolute Gasteiger partial charge is 0.335 e. The molecule has 0 fully saturated rings. The van der Waals surface area contributed by atoms with Crippen LogP contribution >= 0.6 is 11.6 Å². The Morgan fingerprint density at radius 2 is 1.94 bits per heavy atom. The molecule has 0 aliphatic heterocycles. The number of carbonyl (C=O) groups is 1. The summed E-state index contributed by atoms with van der Waals surface area (Å²) in [5.41, 5.74) is -1.41. The molecular weight excluding hydrogens is 256 g/mol. The van der Waals surface area contributed by atoms with Crippen LogP contribution in [-0.4, -0.2) is 15.5 Å². The van der Waals surface area contributed by atoms with Crippen molar-refractivity contribution in [3.63, 3.8) is 0 Å². The van der Waals surface area contributed by atoms with Gasteiger partial charge < -0.3 is 0 Å². The van der Waals surface area contributed by atoms with Crippen LogP contribution < -0.4 is 11.2 Å². The third-order valence-electron chi connectivity index (χ3n) is 2.66. The molecule has 1 rings (SSSR count). The lowest BCUT2D eigenvalue weighted by Gasteiger charge is -2.04. The Labute approximate surface area is 110 Å². The number of carbonyl (C=O) groups excluding carboxylic acids is 1. The van der Waals surface area contributed by atoms with Crippen molar-refractivity contribution in [1.29, 1.82) is 0 Å². The van der Waals surface area contributed by atoms with E-state index < -0.39 is 11.2 Å². The first-order valence-electron chi connectivity index (χ1n) is 6.11. The standard InChI is InChI=1S/C12H17ClN2O3/c1-2-3-4-5-6-7-10(16)15-8-9(13)11(17)14-12(15)18/h8H,2-7H2,1H3,(H,14,17,18). The number of unbranched alkanes of at least 4 members (excludes halogenated alkanes) is 4. The minimum absolute atomic E-state index is 0.158. The molecule has 0 saturated carbocycles. The zero-order valence-corrected chi connectivity index (χ0v) is 11.1. The molecule has 0 radical (unpaired) electrons. The lowest BCUT2D eigenvalue weighted by molar-refractivity contribution is 0.0892. The van der Waals surface area contributed by atoms with Crippen molar-refractivity contribution in [1.82, 2.24) is 9.55 Å². The number of halogens is 1. The highest BCUT2D eigenvalue weighted by atomic mass is 35.5. The SMILES string of the molecule is CCCCCCCC(=O)n1cc(Cl)c(=O)[nH]c1=O. The number of H-pyrrole nitrogens is 1. The predicted octanol–water partition coefficient (Wildman–Crippen LogP) is 2.19. The van der Waals surface area contributed by atoms with Crippen LogP contribution in [0.25, 0.3) is 0 Å². The first kappa shape index (κ1) is 14.7.